The first-order chi connectivity index (χ1) is 4.50. The van der Waals surface area contributed by atoms with Gasteiger partial charge in [-0.2, -0.15) is 5.10 Å². The van der Waals surface area contributed by atoms with Gasteiger partial charge in [0.2, 0.25) is 0 Å². The molecular formula is C8H14N2Pt. The van der Waals surface area contributed by atoms with Crippen LogP contribution in [0, 0.1) is 0 Å². The van der Waals surface area contributed by atoms with Crippen LogP contribution in [0.1, 0.15) is 26.5 Å². The standard InChI is InChI=1S/C8H14N2.Pt/c1-8(2,3)7-5-6-10(4)9-7;/h5-6H,1-4H3;. The van der Waals surface area contributed by atoms with E-state index >= 15 is 0 Å². The molecule has 0 aromatic carbocycles. The monoisotopic (exact) mass is 333 g/mol. The smallest absolute Gasteiger partial charge is 0.0677 e. The van der Waals surface area contributed by atoms with E-state index in [0.717, 1.165) is 5.69 Å². The number of rotatable bonds is 0. The summed E-state index contributed by atoms with van der Waals surface area (Å²) in [6, 6.07) is 2.06. The number of nitrogens with zero attached hydrogens (tertiary/aromatic N) is 2. The molecule has 1 aromatic rings. The van der Waals surface area contributed by atoms with Gasteiger partial charge in [0, 0.05) is 39.7 Å². The summed E-state index contributed by atoms with van der Waals surface area (Å²) in [5, 5.41) is 4.30. The minimum atomic E-state index is 0. The Bertz CT molecular complexity index is 222. The predicted molar refractivity (Wildman–Crippen MR) is 41.9 cm³/mol. The molecule has 0 aliphatic carbocycles. The van der Waals surface area contributed by atoms with Crippen molar-refractivity contribution in [3.63, 3.8) is 0 Å². The zero-order chi connectivity index (χ0) is 7.78. The average molecular weight is 333 g/mol. The minimum Gasteiger partial charge on any atom is -0.276 e. The normalized spacial score (nSPS) is 10.9. The summed E-state index contributed by atoms with van der Waals surface area (Å²) in [4.78, 5) is 0. The third-order valence-electron chi connectivity index (χ3n) is 1.48. The summed E-state index contributed by atoms with van der Waals surface area (Å²) in [7, 11) is 1.94. The molecule has 1 heterocycles. The molecule has 0 fully saturated rings. The van der Waals surface area contributed by atoms with Crippen LogP contribution in [0.15, 0.2) is 12.3 Å². The molecule has 0 atom stereocenters. The van der Waals surface area contributed by atoms with Crippen LogP contribution in [0.25, 0.3) is 0 Å². The van der Waals surface area contributed by atoms with E-state index < -0.39 is 0 Å². The number of aromatic nitrogens is 2. The quantitative estimate of drug-likeness (QED) is 0.707. The van der Waals surface area contributed by atoms with Crippen LogP contribution in [0.4, 0.5) is 0 Å². The second-order valence-corrected chi connectivity index (χ2v) is 3.62. The Balaban J connectivity index is 0.000001000. The first kappa shape index (κ1) is 10.9. The zero-order valence-corrected chi connectivity index (χ0v) is 9.64. The molecule has 0 spiro atoms. The van der Waals surface area contributed by atoms with Crippen LogP contribution in [0.2, 0.25) is 0 Å². The molecule has 1 aromatic heterocycles. The van der Waals surface area contributed by atoms with Gasteiger partial charge >= 0.3 is 0 Å². The van der Waals surface area contributed by atoms with Crippen molar-refractivity contribution in [3.05, 3.63) is 18.0 Å². The van der Waals surface area contributed by atoms with Crippen molar-refractivity contribution >= 4 is 0 Å². The summed E-state index contributed by atoms with van der Waals surface area (Å²) in [5.74, 6) is 0. The van der Waals surface area contributed by atoms with E-state index in [1.165, 1.54) is 0 Å². The molecule has 0 saturated carbocycles. The van der Waals surface area contributed by atoms with Crippen molar-refractivity contribution in [3.8, 4) is 0 Å². The Hall–Kier alpha value is -0.102. The number of hydrogen-bond donors (Lipinski definition) is 0. The fourth-order valence-corrected chi connectivity index (χ4v) is 0.815. The first-order valence-corrected chi connectivity index (χ1v) is 3.50. The predicted octanol–water partition coefficient (Wildman–Crippen LogP) is 1.72. The summed E-state index contributed by atoms with van der Waals surface area (Å²) in [5.41, 5.74) is 1.33. The van der Waals surface area contributed by atoms with Gasteiger partial charge in [0.1, 0.15) is 0 Å². The van der Waals surface area contributed by atoms with E-state index in [9.17, 15) is 0 Å². The van der Waals surface area contributed by atoms with E-state index in [2.05, 4.69) is 31.9 Å². The Morgan fingerprint density at radius 3 is 2.09 bits per heavy atom. The number of aryl methyl sites for hydroxylation is 1. The van der Waals surface area contributed by atoms with Gasteiger partial charge in [-0.05, 0) is 6.07 Å². The molecule has 2 nitrogen and oxygen atoms in total. The molecule has 11 heavy (non-hydrogen) atoms. The van der Waals surface area contributed by atoms with Crippen LogP contribution < -0.4 is 0 Å². The average Bonchev–Trinajstić information content (AvgIpc) is 2.11. The van der Waals surface area contributed by atoms with Gasteiger partial charge in [-0.1, -0.05) is 20.8 Å². The molecule has 3 heteroatoms. The van der Waals surface area contributed by atoms with Gasteiger partial charge < -0.3 is 0 Å². The van der Waals surface area contributed by atoms with E-state index in [0.29, 0.717) is 0 Å². The molecular weight excluding hydrogens is 319 g/mol. The fourth-order valence-electron chi connectivity index (χ4n) is 0.815. The van der Waals surface area contributed by atoms with Gasteiger partial charge in [0.25, 0.3) is 0 Å². The maximum Gasteiger partial charge on any atom is 0.0677 e. The van der Waals surface area contributed by atoms with Gasteiger partial charge in [-0.3, -0.25) is 4.68 Å². The van der Waals surface area contributed by atoms with E-state index in [-0.39, 0.29) is 26.5 Å². The van der Waals surface area contributed by atoms with Crippen molar-refractivity contribution in [1.82, 2.24) is 9.78 Å². The zero-order valence-electron chi connectivity index (χ0n) is 7.37. The Kier molecular flexibility index (Phi) is 3.50. The molecule has 66 valence electrons. The van der Waals surface area contributed by atoms with Crippen molar-refractivity contribution in [2.24, 2.45) is 7.05 Å². The first-order valence-electron chi connectivity index (χ1n) is 3.50. The Morgan fingerprint density at radius 1 is 1.36 bits per heavy atom. The van der Waals surface area contributed by atoms with Crippen molar-refractivity contribution in [2.75, 3.05) is 0 Å². The molecule has 0 aliphatic rings. The van der Waals surface area contributed by atoms with Crippen molar-refractivity contribution in [2.45, 2.75) is 26.2 Å². The largest absolute Gasteiger partial charge is 0.276 e. The van der Waals surface area contributed by atoms with Crippen molar-refractivity contribution < 1.29 is 21.1 Å². The summed E-state index contributed by atoms with van der Waals surface area (Å²) in [6.45, 7) is 6.49. The van der Waals surface area contributed by atoms with Gasteiger partial charge in [0.15, 0.2) is 0 Å². The van der Waals surface area contributed by atoms with E-state index in [1.54, 1.807) is 0 Å². The third-order valence-corrected chi connectivity index (χ3v) is 1.48. The maximum absolute atomic E-state index is 4.30. The Labute approximate surface area is 82.3 Å². The summed E-state index contributed by atoms with van der Waals surface area (Å²) < 4.78 is 1.83. The second-order valence-electron chi connectivity index (χ2n) is 3.62. The van der Waals surface area contributed by atoms with Crippen LogP contribution in [0.3, 0.4) is 0 Å². The second kappa shape index (κ2) is 3.53. The molecule has 0 radical (unpaired) electrons. The van der Waals surface area contributed by atoms with Gasteiger partial charge in [-0.15, -0.1) is 0 Å². The van der Waals surface area contributed by atoms with Gasteiger partial charge in [0.05, 0.1) is 5.69 Å². The topological polar surface area (TPSA) is 17.8 Å². The molecule has 0 amide bonds. The van der Waals surface area contributed by atoms with E-state index in [1.807, 2.05) is 17.9 Å². The Morgan fingerprint density at radius 2 is 1.91 bits per heavy atom. The molecule has 0 bridgehead atoms. The molecule has 0 unspecified atom stereocenters. The van der Waals surface area contributed by atoms with Crippen LogP contribution >= 0.6 is 0 Å². The molecule has 0 saturated heterocycles. The van der Waals surface area contributed by atoms with Crippen LogP contribution in [-0.4, -0.2) is 9.78 Å². The fraction of sp³-hybridized carbons (Fsp3) is 0.625. The molecule has 1 rings (SSSR count). The SMILES string of the molecule is Cn1ccc(C(C)(C)C)n1.[Pt]. The summed E-state index contributed by atoms with van der Waals surface area (Å²) >= 11 is 0. The van der Waals surface area contributed by atoms with E-state index in [4.69, 9.17) is 0 Å². The number of hydrogen-bond acceptors (Lipinski definition) is 1. The van der Waals surface area contributed by atoms with Gasteiger partial charge in [-0.25, -0.2) is 0 Å². The molecule has 0 N–H and O–H groups in total. The van der Waals surface area contributed by atoms with Crippen LogP contribution in [0.5, 0.6) is 0 Å². The molecule has 0 aliphatic heterocycles. The third kappa shape index (κ3) is 2.78. The van der Waals surface area contributed by atoms with Crippen LogP contribution in [-0.2, 0) is 33.5 Å². The van der Waals surface area contributed by atoms with Crippen molar-refractivity contribution in [1.29, 1.82) is 0 Å². The summed E-state index contributed by atoms with van der Waals surface area (Å²) in [6.07, 6.45) is 1.97. The minimum absolute atomic E-state index is 0. The maximum atomic E-state index is 4.30.